The van der Waals surface area contributed by atoms with Crippen LogP contribution in [-0.2, 0) is 4.79 Å². The molecule has 7 heteroatoms. The average molecular weight is 434 g/mol. The number of amides is 2. The fourth-order valence-corrected chi connectivity index (χ4v) is 5.39. The summed E-state index contributed by atoms with van der Waals surface area (Å²) in [5.41, 5.74) is 2.73. The van der Waals surface area contributed by atoms with E-state index in [2.05, 4.69) is 16.4 Å². The maximum atomic E-state index is 12.9. The van der Waals surface area contributed by atoms with Crippen LogP contribution in [0.5, 0.6) is 0 Å². The van der Waals surface area contributed by atoms with E-state index in [9.17, 15) is 9.59 Å². The SMILES string of the molecule is O=C(Nc1ccc(-c2nc3ccccc3s2)cc1)[C@@H]1CCCN1C(=O)c1cccs1. The minimum Gasteiger partial charge on any atom is -0.326 e. The number of carbonyl (C=O) groups is 2. The third-order valence-electron chi connectivity index (χ3n) is 5.24. The highest BCUT2D eigenvalue weighted by Gasteiger charge is 2.34. The second kappa shape index (κ2) is 8.01. The van der Waals surface area contributed by atoms with Crippen molar-refractivity contribution in [3.05, 3.63) is 70.9 Å². The van der Waals surface area contributed by atoms with Crippen LogP contribution < -0.4 is 5.32 Å². The number of thiazole rings is 1. The molecule has 1 fully saturated rings. The number of nitrogens with one attached hydrogen (secondary N) is 1. The van der Waals surface area contributed by atoms with Crippen LogP contribution in [-0.4, -0.2) is 34.3 Å². The molecule has 2 aromatic heterocycles. The molecule has 0 radical (unpaired) electrons. The first-order valence-corrected chi connectivity index (χ1v) is 11.5. The summed E-state index contributed by atoms with van der Waals surface area (Å²) in [4.78, 5) is 32.6. The highest BCUT2D eigenvalue weighted by Crippen LogP contribution is 2.31. The molecule has 1 atom stereocenters. The summed E-state index contributed by atoms with van der Waals surface area (Å²) in [6.07, 6.45) is 1.53. The van der Waals surface area contributed by atoms with Crippen molar-refractivity contribution >= 4 is 50.4 Å². The van der Waals surface area contributed by atoms with E-state index in [0.29, 0.717) is 17.8 Å². The number of para-hydroxylation sites is 1. The molecule has 4 aromatic rings. The minimum atomic E-state index is -0.427. The van der Waals surface area contributed by atoms with Crippen molar-refractivity contribution < 1.29 is 9.59 Å². The molecular weight excluding hydrogens is 414 g/mol. The quantitative estimate of drug-likeness (QED) is 0.477. The van der Waals surface area contributed by atoms with Crippen LogP contribution in [0, 0.1) is 0 Å². The first kappa shape index (κ1) is 19.0. The summed E-state index contributed by atoms with van der Waals surface area (Å²) < 4.78 is 1.15. The molecule has 1 N–H and O–H groups in total. The molecule has 0 saturated carbocycles. The van der Waals surface area contributed by atoms with E-state index in [1.165, 1.54) is 11.3 Å². The van der Waals surface area contributed by atoms with Crippen LogP contribution in [0.2, 0.25) is 0 Å². The van der Waals surface area contributed by atoms with E-state index in [1.807, 2.05) is 53.9 Å². The zero-order chi connectivity index (χ0) is 20.5. The van der Waals surface area contributed by atoms with Crippen LogP contribution in [0.25, 0.3) is 20.8 Å². The zero-order valence-corrected chi connectivity index (χ0v) is 17.7. The third-order valence-corrected chi connectivity index (χ3v) is 7.18. The molecular formula is C23H19N3O2S2. The number of carbonyl (C=O) groups excluding carboxylic acids is 2. The minimum absolute atomic E-state index is 0.0613. The van der Waals surface area contributed by atoms with Crippen LogP contribution in [0.4, 0.5) is 5.69 Å². The van der Waals surface area contributed by atoms with E-state index in [1.54, 1.807) is 22.3 Å². The largest absolute Gasteiger partial charge is 0.326 e. The molecule has 1 aliphatic heterocycles. The van der Waals surface area contributed by atoms with E-state index in [4.69, 9.17) is 0 Å². The molecule has 3 heterocycles. The number of hydrogen-bond donors (Lipinski definition) is 1. The van der Waals surface area contributed by atoms with Gasteiger partial charge in [0.2, 0.25) is 5.91 Å². The second-order valence-electron chi connectivity index (χ2n) is 7.19. The summed E-state index contributed by atoms with van der Waals surface area (Å²) in [7, 11) is 0. The molecule has 0 aliphatic carbocycles. The van der Waals surface area contributed by atoms with Crippen molar-refractivity contribution in [1.29, 1.82) is 0 Å². The van der Waals surface area contributed by atoms with Gasteiger partial charge in [0.1, 0.15) is 11.0 Å². The summed E-state index contributed by atoms with van der Waals surface area (Å²) in [6.45, 7) is 0.616. The maximum Gasteiger partial charge on any atom is 0.264 e. The van der Waals surface area contributed by atoms with Gasteiger partial charge in [-0.25, -0.2) is 4.98 Å². The topological polar surface area (TPSA) is 62.3 Å². The zero-order valence-electron chi connectivity index (χ0n) is 16.1. The Kier molecular flexibility index (Phi) is 5.06. The van der Waals surface area contributed by atoms with Gasteiger partial charge in [-0.05, 0) is 60.7 Å². The van der Waals surface area contributed by atoms with E-state index in [-0.39, 0.29) is 11.8 Å². The molecule has 0 unspecified atom stereocenters. The molecule has 1 aliphatic rings. The van der Waals surface area contributed by atoms with Crippen molar-refractivity contribution in [1.82, 2.24) is 9.88 Å². The molecule has 1 saturated heterocycles. The van der Waals surface area contributed by atoms with Crippen molar-refractivity contribution in [2.45, 2.75) is 18.9 Å². The Morgan fingerprint density at radius 2 is 1.87 bits per heavy atom. The molecule has 2 amide bonds. The van der Waals surface area contributed by atoms with Gasteiger partial charge in [-0.1, -0.05) is 18.2 Å². The fraction of sp³-hybridized carbons (Fsp3) is 0.174. The predicted molar refractivity (Wildman–Crippen MR) is 122 cm³/mol. The lowest BCUT2D eigenvalue weighted by atomic mass is 10.1. The van der Waals surface area contributed by atoms with Gasteiger partial charge in [-0.2, -0.15) is 0 Å². The number of likely N-dealkylation sites (tertiary alicyclic amines) is 1. The lowest BCUT2D eigenvalue weighted by Crippen LogP contribution is -2.42. The Balaban J connectivity index is 1.29. The fourth-order valence-electron chi connectivity index (χ4n) is 3.74. The standard InChI is InChI=1S/C23H19N3O2S2/c27-21(18-6-3-13-26(18)23(28)20-8-4-14-29-20)24-16-11-9-15(10-12-16)22-25-17-5-1-2-7-19(17)30-22/h1-2,4-5,7-12,14,18H,3,6,13H2,(H,24,27)/t18-/m0/s1. The number of fused-ring (bicyclic) bond motifs is 1. The Morgan fingerprint density at radius 1 is 1.03 bits per heavy atom. The van der Waals surface area contributed by atoms with Gasteiger partial charge in [0.25, 0.3) is 5.91 Å². The molecule has 150 valence electrons. The van der Waals surface area contributed by atoms with Crippen LogP contribution >= 0.6 is 22.7 Å². The van der Waals surface area contributed by atoms with Crippen molar-refractivity contribution in [2.24, 2.45) is 0 Å². The van der Waals surface area contributed by atoms with Gasteiger partial charge in [0, 0.05) is 17.8 Å². The van der Waals surface area contributed by atoms with E-state index < -0.39 is 6.04 Å². The molecule has 2 aromatic carbocycles. The van der Waals surface area contributed by atoms with E-state index >= 15 is 0 Å². The Hall–Kier alpha value is -3.03. The van der Waals surface area contributed by atoms with Crippen molar-refractivity contribution in [2.75, 3.05) is 11.9 Å². The Bertz CT molecular complexity index is 1170. The van der Waals surface area contributed by atoms with E-state index in [0.717, 1.165) is 32.9 Å². The van der Waals surface area contributed by atoms with Crippen LogP contribution in [0.15, 0.2) is 66.0 Å². The number of hydrogen-bond acceptors (Lipinski definition) is 5. The first-order chi connectivity index (χ1) is 14.7. The first-order valence-electron chi connectivity index (χ1n) is 9.80. The third kappa shape index (κ3) is 3.62. The average Bonchev–Trinajstić information content (AvgIpc) is 3.54. The summed E-state index contributed by atoms with van der Waals surface area (Å²) in [5, 5.41) is 5.81. The Morgan fingerprint density at radius 3 is 2.63 bits per heavy atom. The maximum absolute atomic E-state index is 12.9. The van der Waals surface area contributed by atoms with Crippen molar-refractivity contribution in [3.63, 3.8) is 0 Å². The van der Waals surface area contributed by atoms with Gasteiger partial charge in [0.05, 0.1) is 15.1 Å². The van der Waals surface area contributed by atoms with Crippen LogP contribution in [0.1, 0.15) is 22.5 Å². The molecule has 0 spiro atoms. The predicted octanol–water partition coefficient (Wildman–Crippen LogP) is 5.27. The Labute approximate surface area is 182 Å². The van der Waals surface area contributed by atoms with Crippen molar-refractivity contribution in [3.8, 4) is 10.6 Å². The highest BCUT2D eigenvalue weighted by atomic mass is 32.1. The number of anilines is 1. The molecule has 5 nitrogen and oxygen atoms in total. The van der Waals surface area contributed by atoms with Gasteiger partial charge in [0.15, 0.2) is 0 Å². The van der Waals surface area contributed by atoms with Gasteiger partial charge in [-0.3, -0.25) is 9.59 Å². The number of nitrogens with zero attached hydrogens (tertiary/aromatic N) is 2. The lowest BCUT2D eigenvalue weighted by molar-refractivity contribution is -0.119. The number of aromatic nitrogens is 1. The summed E-state index contributed by atoms with van der Waals surface area (Å²) in [5.74, 6) is -0.195. The van der Waals surface area contributed by atoms with Gasteiger partial charge in [-0.15, -0.1) is 22.7 Å². The van der Waals surface area contributed by atoms with Gasteiger partial charge >= 0.3 is 0 Å². The molecule has 5 rings (SSSR count). The normalized spacial score (nSPS) is 16.1. The number of rotatable bonds is 4. The second-order valence-corrected chi connectivity index (χ2v) is 9.17. The summed E-state index contributed by atoms with van der Waals surface area (Å²) in [6, 6.07) is 19.0. The van der Waals surface area contributed by atoms with Gasteiger partial charge < -0.3 is 10.2 Å². The number of benzene rings is 2. The lowest BCUT2D eigenvalue weighted by Gasteiger charge is -2.23. The molecule has 0 bridgehead atoms. The monoisotopic (exact) mass is 433 g/mol. The van der Waals surface area contributed by atoms with Crippen LogP contribution in [0.3, 0.4) is 0 Å². The summed E-state index contributed by atoms with van der Waals surface area (Å²) >= 11 is 3.06. The smallest absolute Gasteiger partial charge is 0.264 e. The molecule has 30 heavy (non-hydrogen) atoms. The number of thiophene rings is 1. The highest BCUT2D eigenvalue weighted by molar-refractivity contribution is 7.21.